The molecule has 2 atom stereocenters. The molecule has 0 radical (unpaired) electrons. The monoisotopic (exact) mass is 223 g/mol. The Labute approximate surface area is 95.2 Å². The maximum Gasteiger partial charge on any atom is 0.417 e. The summed E-state index contributed by atoms with van der Waals surface area (Å²) in [7, 11) is 0. The van der Waals surface area contributed by atoms with Gasteiger partial charge in [0.2, 0.25) is 5.91 Å². The van der Waals surface area contributed by atoms with Crippen LogP contribution in [0.2, 0.25) is 0 Å². The molecule has 1 aliphatic carbocycles. The van der Waals surface area contributed by atoms with E-state index in [4.69, 9.17) is 4.74 Å². The van der Waals surface area contributed by atoms with E-state index in [0.29, 0.717) is 0 Å². The Morgan fingerprint density at radius 3 is 2.62 bits per heavy atom. The van der Waals surface area contributed by atoms with Crippen LogP contribution in [0.5, 0.6) is 0 Å². The molecule has 2 rings (SSSR count). The summed E-state index contributed by atoms with van der Waals surface area (Å²) < 4.78 is 5.20. The summed E-state index contributed by atoms with van der Waals surface area (Å²) in [5.74, 6) is -0.0962. The highest BCUT2D eigenvalue weighted by atomic mass is 16.6. The molecule has 0 aromatic carbocycles. The van der Waals surface area contributed by atoms with Gasteiger partial charge < -0.3 is 4.74 Å². The van der Waals surface area contributed by atoms with Gasteiger partial charge in [-0.2, -0.15) is 0 Å². The van der Waals surface area contributed by atoms with Crippen LogP contribution >= 0.6 is 0 Å². The molecule has 4 nitrogen and oxygen atoms in total. The Morgan fingerprint density at radius 1 is 1.38 bits per heavy atom. The van der Waals surface area contributed by atoms with Gasteiger partial charge in [-0.05, 0) is 33.6 Å². The molecule has 1 fully saturated rings. The van der Waals surface area contributed by atoms with Crippen LogP contribution in [0.25, 0.3) is 0 Å². The number of ether oxygens (including phenoxy) is 1. The molecule has 1 heterocycles. The number of fused-ring (bicyclic) bond motifs is 1. The van der Waals surface area contributed by atoms with E-state index in [0.717, 1.165) is 12.8 Å². The predicted octanol–water partition coefficient (Wildman–Crippen LogP) is 2.10. The summed E-state index contributed by atoms with van der Waals surface area (Å²) in [5, 5.41) is 0. The second-order valence-electron chi connectivity index (χ2n) is 5.31. The smallest absolute Gasteiger partial charge is 0.417 e. The molecule has 0 spiro atoms. The minimum absolute atomic E-state index is 0.00230. The van der Waals surface area contributed by atoms with Crippen LogP contribution in [0.1, 0.15) is 33.6 Å². The first-order valence-corrected chi connectivity index (χ1v) is 5.61. The zero-order valence-corrected chi connectivity index (χ0v) is 9.90. The van der Waals surface area contributed by atoms with Crippen molar-refractivity contribution in [1.82, 2.24) is 4.90 Å². The largest absolute Gasteiger partial charge is 0.443 e. The summed E-state index contributed by atoms with van der Waals surface area (Å²) in [6.07, 6.45) is 5.03. The van der Waals surface area contributed by atoms with Gasteiger partial charge in [0.25, 0.3) is 0 Å². The van der Waals surface area contributed by atoms with Crippen LogP contribution in [-0.2, 0) is 9.53 Å². The van der Waals surface area contributed by atoms with E-state index in [9.17, 15) is 9.59 Å². The quantitative estimate of drug-likeness (QED) is 0.466. The van der Waals surface area contributed by atoms with Crippen molar-refractivity contribution in [2.24, 2.45) is 5.92 Å². The lowest BCUT2D eigenvalue weighted by atomic mass is 9.80. The predicted molar refractivity (Wildman–Crippen MR) is 58.7 cm³/mol. The number of allylic oxidation sites excluding steroid dienone is 1. The molecule has 16 heavy (non-hydrogen) atoms. The average molecular weight is 223 g/mol. The van der Waals surface area contributed by atoms with Crippen molar-refractivity contribution in [3.8, 4) is 0 Å². The molecule has 0 saturated carbocycles. The third-order valence-corrected chi connectivity index (χ3v) is 2.88. The third kappa shape index (κ3) is 1.84. The van der Waals surface area contributed by atoms with E-state index in [-0.39, 0.29) is 17.9 Å². The normalized spacial score (nSPS) is 28.4. The van der Waals surface area contributed by atoms with Gasteiger partial charge in [-0.3, -0.25) is 4.79 Å². The van der Waals surface area contributed by atoms with Gasteiger partial charge in [0.1, 0.15) is 5.60 Å². The van der Waals surface area contributed by atoms with Crippen molar-refractivity contribution >= 4 is 12.0 Å². The third-order valence-electron chi connectivity index (χ3n) is 2.88. The summed E-state index contributed by atoms with van der Waals surface area (Å²) in [6, 6.07) is 0.0207. The zero-order valence-electron chi connectivity index (χ0n) is 9.90. The van der Waals surface area contributed by atoms with Crippen LogP contribution in [-0.4, -0.2) is 28.5 Å². The fourth-order valence-electron chi connectivity index (χ4n) is 2.15. The SMILES string of the molecule is CC(C)(C)OC(=O)N1C(=O)[C@H]2CC=CC[C@@H]21. The van der Waals surface area contributed by atoms with Crippen molar-refractivity contribution in [3.05, 3.63) is 12.2 Å². The van der Waals surface area contributed by atoms with Gasteiger partial charge in [-0.1, -0.05) is 12.2 Å². The van der Waals surface area contributed by atoms with Crippen LogP contribution in [0.15, 0.2) is 12.2 Å². The average Bonchev–Trinajstić information content (AvgIpc) is 2.14. The van der Waals surface area contributed by atoms with Crippen LogP contribution in [0.3, 0.4) is 0 Å². The lowest BCUT2D eigenvalue weighted by Gasteiger charge is -2.46. The fraction of sp³-hybridized carbons (Fsp3) is 0.667. The first-order valence-electron chi connectivity index (χ1n) is 5.61. The summed E-state index contributed by atoms with van der Waals surface area (Å²) in [5.41, 5.74) is -0.549. The standard InChI is InChI=1S/C12H17NO3/c1-12(2,3)16-11(15)13-9-7-5-4-6-8(9)10(13)14/h4-5,8-9H,6-7H2,1-3H3/t8-,9-/m0/s1. The number of carbonyl (C=O) groups excluding carboxylic acids is 2. The number of hydrogen-bond acceptors (Lipinski definition) is 3. The van der Waals surface area contributed by atoms with Crippen LogP contribution in [0.4, 0.5) is 4.79 Å². The van der Waals surface area contributed by atoms with E-state index in [1.165, 1.54) is 4.90 Å². The van der Waals surface area contributed by atoms with Gasteiger partial charge in [0, 0.05) is 0 Å². The number of hydrogen-bond donors (Lipinski definition) is 0. The number of nitrogens with zero attached hydrogens (tertiary/aromatic N) is 1. The number of β-lactam (4-membered cyclic amide) rings is 1. The highest BCUT2D eigenvalue weighted by Gasteiger charge is 2.51. The number of imide groups is 1. The molecule has 1 saturated heterocycles. The lowest BCUT2D eigenvalue weighted by Crippen LogP contribution is -2.64. The molecular formula is C12H17NO3. The van der Waals surface area contributed by atoms with Gasteiger partial charge in [0.15, 0.2) is 0 Å². The summed E-state index contributed by atoms with van der Waals surface area (Å²) in [4.78, 5) is 24.7. The molecular weight excluding hydrogens is 206 g/mol. The van der Waals surface area contributed by atoms with Crippen LogP contribution in [0, 0.1) is 5.92 Å². The Hall–Kier alpha value is -1.32. The van der Waals surface area contributed by atoms with Crippen molar-refractivity contribution in [2.75, 3.05) is 0 Å². The number of likely N-dealkylation sites (tertiary alicyclic amines) is 1. The second kappa shape index (κ2) is 3.61. The summed E-state index contributed by atoms with van der Waals surface area (Å²) in [6.45, 7) is 5.40. The number of amides is 2. The molecule has 88 valence electrons. The van der Waals surface area contributed by atoms with Gasteiger partial charge in [-0.25, -0.2) is 9.69 Å². The van der Waals surface area contributed by atoms with E-state index in [2.05, 4.69) is 0 Å². The maximum atomic E-state index is 11.8. The van der Waals surface area contributed by atoms with E-state index >= 15 is 0 Å². The fourth-order valence-corrected chi connectivity index (χ4v) is 2.15. The van der Waals surface area contributed by atoms with Crippen LogP contribution < -0.4 is 0 Å². The molecule has 2 amide bonds. The summed E-state index contributed by atoms with van der Waals surface area (Å²) >= 11 is 0. The molecule has 0 aromatic heterocycles. The minimum atomic E-state index is -0.549. The Balaban J connectivity index is 2.03. The van der Waals surface area contributed by atoms with E-state index < -0.39 is 11.7 Å². The van der Waals surface area contributed by atoms with Gasteiger partial charge in [-0.15, -0.1) is 0 Å². The Morgan fingerprint density at radius 2 is 2.00 bits per heavy atom. The maximum absolute atomic E-state index is 11.8. The highest BCUT2D eigenvalue weighted by molar-refractivity contribution is 5.99. The topological polar surface area (TPSA) is 46.6 Å². The molecule has 0 unspecified atom stereocenters. The first-order chi connectivity index (χ1) is 7.40. The van der Waals surface area contributed by atoms with Crippen molar-refractivity contribution < 1.29 is 14.3 Å². The lowest BCUT2D eigenvalue weighted by molar-refractivity contribution is -0.153. The van der Waals surface area contributed by atoms with Crippen molar-refractivity contribution in [1.29, 1.82) is 0 Å². The Bertz CT molecular complexity index is 354. The molecule has 4 heteroatoms. The molecule has 0 N–H and O–H groups in total. The van der Waals surface area contributed by atoms with E-state index in [1.54, 1.807) is 20.8 Å². The number of carbonyl (C=O) groups is 2. The molecule has 1 aliphatic heterocycles. The van der Waals surface area contributed by atoms with E-state index in [1.807, 2.05) is 12.2 Å². The minimum Gasteiger partial charge on any atom is -0.443 e. The first kappa shape index (κ1) is 11.2. The van der Waals surface area contributed by atoms with Gasteiger partial charge in [0.05, 0.1) is 12.0 Å². The molecule has 0 bridgehead atoms. The zero-order chi connectivity index (χ0) is 11.9. The number of rotatable bonds is 0. The Kier molecular flexibility index (Phi) is 2.52. The van der Waals surface area contributed by atoms with Crippen molar-refractivity contribution in [3.63, 3.8) is 0 Å². The molecule has 0 aromatic rings. The second-order valence-corrected chi connectivity index (χ2v) is 5.31. The highest BCUT2D eigenvalue weighted by Crippen LogP contribution is 2.36. The van der Waals surface area contributed by atoms with Gasteiger partial charge >= 0.3 is 6.09 Å². The molecule has 2 aliphatic rings. The van der Waals surface area contributed by atoms with Crippen molar-refractivity contribution in [2.45, 2.75) is 45.3 Å².